The highest BCUT2D eigenvalue weighted by Gasteiger charge is 2.31. The minimum Gasteiger partial charge on any atom is -0.399 e. The number of nitrogen functional groups attached to an aromatic ring is 1. The van der Waals surface area contributed by atoms with Crippen LogP contribution in [-0.4, -0.2) is 12.1 Å². The van der Waals surface area contributed by atoms with Gasteiger partial charge in [-0.3, -0.25) is 4.79 Å². The summed E-state index contributed by atoms with van der Waals surface area (Å²) in [4.78, 5) is 13.3. The van der Waals surface area contributed by atoms with Gasteiger partial charge in [-0.05, 0) is 64.7 Å². The van der Waals surface area contributed by atoms with Crippen molar-refractivity contribution in [3.63, 3.8) is 0 Å². The summed E-state index contributed by atoms with van der Waals surface area (Å²) in [7, 11) is 0. The number of benzene rings is 4. The molecule has 0 saturated carbocycles. The molecule has 42 heavy (non-hydrogen) atoms. The Bertz CT molecular complexity index is 1550. The summed E-state index contributed by atoms with van der Waals surface area (Å²) in [6, 6.07) is 31.1. The van der Waals surface area contributed by atoms with Gasteiger partial charge < -0.3 is 27.4 Å². The van der Waals surface area contributed by atoms with Crippen molar-refractivity contribution in [2.24, 2.45) is 5.73 Å². The predicted octanol–water partition coefficient (Wildman–Crippen LogP) is 6.66. The monoisotopic (exact) mass is 571 g/mol. The molecule has 4 rings (SSSR count). The molecule has 0 aromatic heterocycles. The number of carbonyl (C=O) groups excluding carboxylic acids is 1. The summed E-state index contributed by atoms with van der Waals surface area (Å²) in [5.41, 5.74) is 15.2. The van der Waals surface area contributed by atoms with Crippen molar-refractivity contribution in [3.05, 3.63) is 149 Å². The van der Waals surface area contributed by atoms with Crippen LogP contribution in [0.5, 0.6) is 0 Å². The van der Waals surface area contributed by atoms with Gasteiger partial charge in [0.1, 0.15) is 5.70 Å². The fraction of sp³-hybridized carbons (Fsp3) is 0.121. The van der Waals surface area contributed by atoms with Crippen molar-refractivity contribution in [2.45, 2.75) is 25.3 Å². The first-order chi connectivity index (χ1) is 20.1. The number of carbonyl (C=O) groups is 1. The quantitative estimate of drug-likeness (QED) is 0.0787. The number of hydrogen-bond acceptors (Lipinski definition) is 5. The first-order valence-corrected chi connectivity index (χ1v) is 13.2. The minimum atomic E-state index is -4.70. The standard InChI is InChI=1S/C33H32F3N5O/c1-22(33(34,35)36)17-30(40-28-11-5-7-24(18-28)20-37)32(42)41-29-12-6-10-26(19-29)31(25-8-3-2-4-9-25)39-21-23-13-15-27(38)16-14-23/h2-19,31,39-40H,1,20-21,37-38H2,(H,41,42)/b30-17-. The van der Waals surface area contributed by atoms with E-state index in [-0.39, 0.29) is 18.3 Å². The van der Waals surface area contributed by atoms with Crippen molar-refractivity contribution in [1.82, 2.24) is 5.32 Å². The Kier molecular flexibility index (Phi) is 9.80. The van der Waals surface area contributed by atoms with Gasteiger partial charge in [-0.2, -0.15) is 13.2 Å². The highest BCUT2D eigenvalue weighted by atomic mass is 19.4. The van der Waals surface area contributed by atoms with E-state index in [4.69, 9.17) is 11.5 Å². The lowest BCUT2D eigenvalue weighted by Gasteiger charge is -2.21. The molecule has 0 bridgehead atoms. The Morgan fingerprint density at radius 2 is 1.45 bits per heavy atom. The largest absolute Gasteiger partial charge is 0.415 e. The van der Waals surface area contributed by atoms with Gasteiger partial charge in [0, 0.05) is 30.2 Å². The number of nitrogens with one attached hydrogen (secondary N) is 3. The second-order valence-corrected chi connectivity index (χ2v) is 9.66. The molecular formula is C33H32F3N5O. The van der Waals surface area contributed by atoms with Crippen LogP contribution in [-0.2, 0) is 17.9 Å². The smallest absolute Gasteiger partial charge is 0.399 e. The first kappa shape index (κ1) is 30.1. The van der Waals surface area contributed by atoms with Crippen LogP contribution in [0.4, 0.5) is 30.2 Å². The lowest BCUT2D eigenvalue weighted by atomic mass is 9.97. The van der Waals surface area contributed by atoms with E-state index in [0.717, 1.165) is 22.3 Å². The third kappa shape index (κ3) is 8.33. The average Bonchev–Trinajstić information content (AvgIpc) is 2.98. The zero-order chi connectivity index (χ0) is 30.1. The molecule has 7 N–H and O–H groups in total. The number of amides is 1. The van der Waals surface area contributed by atoms with Gasteiger partial charge in [0.25, 0.3) is 5.91 Å². The molecule has 0 radical (unpaired) electrons. The average molecular weight is 572 g/mol. The van der Waals surface area contributed by atoms with Crippen molar-refractivity contribution in [1.29, 1.82) is 0 Å². The molecule has 0 aliphatic carbocycles. The normalized spacial score (nSPS) is 12.4. The summed E-state index contributed by atoms with van der Waals surface area (Å²) < 4.78 is 40.0. The second kappa shape index (κ2) is 13.7. The number of anilines is 3. The number of rotatable bonds is 11. The van der Waals surface area contributed by atoms with Gasteiger partial charge in [-0.15, -0.1) is 0 Å². The van der Waals surface area contributed by atoms with E-state index in [1.165, 1.54) is 0 Å². The number of allylic oxidation sites excluding steroid dienone is 2. The van der Waals surface area contributed by atoms with Crippen molar-refractivity contribution >= 4 is 23.0 Å². The molecular weight excluding hydrogens is 539 g/mol. The van der Waals surface area contributed by atoms with Gasteiger partial charge in [-0.25, -0.2) is 0 Å². The van der Waals surface area contributed by atoms with E-state index in [2.05, 4.69) is 22.5 Å². The van der Waals surface area contributed by atoms with Crippen LogP contribution < -0.4 is 27.4 Å². The summed E-state index contributed by atoms with van der Waals surface area (Å²) >= 11 is 0. The van der Waals surface area contributed by atoms with Crippen LogP contribution in [0, 0.1) is 0 Å². The third-order valence-electron chi connectivity index (χ3n) is 6.47. The van der Waals surface area contributed by atoms with Crippen LogP contribution in [0.2, 0.25) is 0 Å². The maximum absolute atomic E-state index is 13.3. The molecule has 0 aliphatic rings. The van der Waals surface area contributed by atoms with Crippen LogP contribution in [0.15, 0.2) is 127 Å². The highest BCUT2D eigenvalue weighted by molar-refractivity contribution is 6.06. The molecule has 6 nitrogen and oxygen atoms in total. The zero-order valence-electron chi connectivity index (χ0n) is 22.8. The Labute approximate surface area is 242 Å². The maximum atomic E-state index is 13.3. The van der Waals surface area contributed by atoms with Crippen LogP contribution in [0.1, 0.15) is 28.3 Å². The van der Waals surface area contributed by atoms with Crippen molar-refractivity contribution in [3.8, 4) is 0 Å². The second-order valence-electron chi connectivity index (χ2n) is 9.66. The minimum absolute atomic E-state index is 0.234. The fourth-order valence-electron chi connectivity index (χ4n) is 4.27. The van der Waals surface area contributed by atoms with E-state index < -0.39 is 17.7 Å². The van der Waals surface area contributed by atoms with Gasteiger partial charge in [0.15, 0.2) is 0 Å². The highest BCUT2D eigenvalue weighted by Crippen LogP contribution is 2.28. The van der Waals surface area contributed by atoms with E-state index in [9.17, 15) is 18.0 Å². The van der Waals surface area contributed by atoms with Crippen molar-refractivity contribution < 1.29 is 18.0 Å². The number of halogens is 3. The molecule has 1 atom stereocenters. The summed E-state index contributed by atoms with van der Waals surface area (Å²) in [5, 5.41) is 9.08. The topological polar surface area (TPSA) is 105 Å². The lowest BCUT2D eigenvalue weighted by molar-refractivity contribution is -0.112. The third-order valence-corrected chi connectivity index (χ3v) is 6.47. The van der Waals surface area contributed by atoms with Gasteiger partial charge in [0.2, 0.25) is 0 Å². The van der Waals surface area contributed by atoms with E-state index in [0.29, 0.717) is 29.7 Å². The predicted molar refractivity (Wildman–Crippen MR) is 162 cm³/mol. The Hall–Kier alpha value is -4.86. The summed E-state index contributed by atoms with van der Waals surface area (Å²) in [5.74, 6) is -0.762. The number of nitrogens with two attached hydrogens (primary N) is 2. The van der Waals surface area contributed by atoms with Crippen molar-refractivity contribution in [2.75, 3.05) is 16.4 Å². The molecule has 216 valence electrons. The molecule has 4 aromatic carbocycles. The first-order valence-electron chi connectivity index (χ1n) is 13.2. The molecule has 4 aromatic rings. The Balaban J connectivity index is 1.60. The van der Waals surface area contributed by atoms with E-state index in [1.807, 2.05) is 60.7 Å². The summed E-state index contributed by atoms with van der Waals surface area (Å²) in [6.07, 6.45) is -4.01. The van der Waals surface area contributed by atoms with Gasteiger partial charge in [-0.1, -0.05) is 73.3 Å². The zero-order valence-corrected chi connectivity index (χ0v) is 22.8. The molecule has 0 spiro atoms. The van der Waals surface area contributed by atoms with Crippen LogP contribution in [0.3, 0.4) is 0 Å². The molecule has 1 amide bonds. The van der Waals surface area contributed by atoms with E-state index >= 15 is 0 Å². The van der Waals surface area contributed by atoms with Gasteiger partial charge in [0.05, 0.1) is 11.6 Å². The SMILES string of the molecule is C=C(/C=C(\Nc1cccc(CN)c1)C(=O)Nc1cccc(C(NCc2ccc(N)cc2)c2ccccc2)c1)C(F)(F)F. The molecule has 0 fully saturated rings. The lowest BCUT2D eigenvalue weighted by Crippen LogP contribution is -2.23. The van der Waals surface area contributed by atoms with E-state index in [1.54, 1.807) is 42.5 Å². The Morgan fingerprint density at radius 3 is 2.12 bits per heavy atom. The van der Waals surface area contributed by atoms with Crippen LogP contribution in [0.25, 0.3) is 0 Å². The molecule has 1 unspecified atom stereocenters. The molecule has 0 saturated heterocycles. The molecule has 0 aliphatic heterocycles. The molecule has 0 heterocycles. The summed E-state index contributed by atoms with van der Waals surface area (Å²) in [6.45, 7) is 3.88. The molecule has 9 heteroatoms. The fourth-order valence-corrected chi connectivity index (χ4v) is 4.27. The number of alkyl halides is 3. The maximum Gasteiger partial charge on any atom is 0.415 e. The number of hydrogen-bond donors (Lipinski definition) is 5. The Morgan fingerprint density at radius 1 is 0.810 bits per heavy atom. The van der Waals surface area contributed by atoms with Crippen LogP contribution >= 0.6 is 0 Å². The van der Waals surface area contributed by atoms with Gasteiger partial charge >= 0.3 is 6.18 Å².